The van der Waals surface area contributed by atoms with Crippen LogP contribution in [-0.4, -0.2) is 20.6 Å². The van der Waals surface area contributed by atoms with Gasteiger partial charge in [-0.2, -0.15) is 0 Å². The smallest absolute Gasteiger partial charge is 0.337 e. The number of rotatable bonds is 6. The molecule has 4 heteroatoms. The van der Waals surface area contributed by atoms with Gasteiger partial charge in [-0.15, -0.1) is 0 Å². The minimum atomic E-state index is -0.882. The minimum absolute atomic E-state index is 0.349. The van der Waals surface area contributed by atoms with Crippen molar-refractivity contribution >= 4 is 16.9 Å². The van der Waals surface area contributed by atoms with E-state index in [2.05, 4.69) is 40.0 Å². The van der Waals surface area contributed by atoms with Crippen molar-refractivity contribution in [2.24, 2.45) is 5.92 Å². The summed E-state index contributed by atoms with van der Waals surface area (Å²) in [4.78, 5) is 16.2. The molecule has 1 N–H and O–H groups in total. The molecule has 0 atom stereocenters. The summed E-state index contributed by atoms with van der Waals surface area (Å²) >= 11 is 0. The van der Waals surface area contributed by atoms with Gasteiger partial charge >= 0.3 is 5.97 Å². The summed E-state index contributed by atoms with van der Waals surface area (Å²) in [5.74, 6) is 0.455. The number of carbonyl (C=O) groups is 1. The summed E-state index contributed by atoms with van der Waals surface area (Å²) in [6, 6.07) is 10.5. The summed E-state index contributed by atoms with van der Waals surface area (Å²) < 4.78 is 2.36. The Morgan fingerprint density at radius 2 is 2.00 bits per heavy atom. The normalized spacial score (nSPS) is 17.2. The van der Waals surface area contributed by atoms with Crippen LogP contribution < -0.4 is 0 Å². The molecule has 2 saturated carbocycles. The molecule has 0 unspecified atom stereocenters. The highest BCUT2D eigenvalue weighted by atomic mass is 16.4. The van der Waals surface area contributed by atoms with Gasteiger partial charge in [-0.25, -0.2) is 4.79 Å². The minimum Gasteiger partial charge on any atom is -0.478 e. The monoisotopic (exact) mass is 360 g/mol. The first-order chi connectivity index (χ1) is 13.2. The van der Waals surface area contributed by atoms with Gasteiger partial charge in [0.05, 0.1) is 11.3 Å². The van der Waals surface area contributed by atoms with E-state index in [1.54, 1.807) is 0 Å². The van der Waals surface area contributed by atoms with E-state index in [4.69, 9.17) is 0 Å². The Morgan fingerprint density at radius 1 is 1.15 bits per heavy atom. The predicted octanol–water partition coefficient (Wildman–Crippen LogP) is 5.00. The molecule has 1 aromatic carbocycles. The fraction of sp³-hybridized carbons (Fsp3) is 0.391. The zero-order valence-electron chi connectivity index (χ0n) is 15.4. The van der Waals surface area contributed by atoms with E-state index < -0.39 is 5.97 Å². The van der Waals surface area contributed by atoms with Crippen molar-refractivity contribution in [2.75, 3.05) is 0 Å². The molecule has 2 aliphatic rings. The van der Waals surface area contributed by atoms with Gasteiger partial charge in [-0.05, 0) is 78.3 Å². The molecule has 5 rings (SSSR count). The summed E-state index contributed by atoms with van der Waals surface area (Å²) in [7, 11) is 0. The lowest BCUT2D eigenvalue weighted by Gasteiger charge is -2.26. The van der Waals surface area contributed by atoms with Crippen LogP contribution in [0.4, 0.5) is 0 Å². The number of pyridine rings is 1. The number of benzene rings is 1. The maximum Gasteiger partial charge on any atom is 0.337 e. The SMILES string of the molecule is O=C(O)c1cc(C2CC2)cnc1Cc1ccc2c(ccn2CC2CCC2)c1. The second-order valence-electron chi connectivity index (χ2n) is 8.18. The van der Waals surface area contributed by atoms with Gasteiger partial charge in [0.25, 0.3) is 0 Å². The number of nitrogens with zero attached hydrogens (tertiary/aromatic N) is 2. The topological polar surface area (TPSA) is 55.1 Å². The maximum atomic E-state index is 11.7. The molecular weight excluding hydrogens is 336 g/mol. The fourth-order valence-electron chi connectivity index (χ4n) is 4.14. The molecule has 3 aromatic rings. The van der Waals surface area contributed by atoms with Crippen molar-refractivity contribution in [3.63, 3.8) is 0 Å². The Bertz CT molecular complexity index is 1010. The molecule has 2 fully saturated rings. The number of fused-ring (bicyclic) bond motifs is 1. The summed E-state index contributed by atoms with van der Waals surface area (Å²) in [6.45, 7) is 1.11. The van der Waals surface area contributed by atoms with Crippen LogP contribution in [0.25, 0.3) is 10.9 Å². The van der Waals surface area contributed by atoms with E-state index in [9.17, 15) is 9.90 Å². The van der Waals surface area contributed by atoms with Crippen LogP contribution >= 0.6 is 0 Å². The van der Waals surface area contributed by atoms with Crippen molar-refractivity contribution in [1.82, 2.24) is 9.55 Å². The van der Waals surface area contributed by atoms with Gasteiger partial charge in [0, 0.05) is 30.9 Å². The number of hydrogen-bond donors (Lipinski definition) is 1. The van der Waals surface area contributed by atoms with Crippen molar-refractivity contribution < 1.29 is 9.90 Å². The average molecular weight is 360 g/mol. The second kappa shape index (κ2) is 6.52. The average Bonchev–Trinajstić information content (AvgIpc) is 3.40. The molecule has 2 heterocycles. The molecular formula is C23H24N2O2. The third-order valence-corrected chi connectivity index (χ3v) is 6.16. The standard InChI is InChI=1S/C23H24N2O2/c26-23(27)20-12-19(17-5-6-17)13-24-21(20)11-16-4-7-22-18(10-16)8-9-25(22)14-15-2-1-3-15/h4,7-10,12-13,15,17H,1-3,5-6,11,14H2,(H,26,27). The molecule has 0 aliphatic heterocycles. The van der Waals surface area contributed by atoms with E-state index >= 15 is 0 Å². The maximum absolute atomic E-state index is 11.7. The van der Waals surface area contributed by atoms with Crippen LogP contribution in [0.2, 0.25) is 0 Å². The molecule has 4 nitrogen and oxygen atoms in total. The first-order valence-electron chi connectivity index (χ1n) is 9.97. The van der Waals surface area contributed by atoms with E-state index in [0.717, 1.165) is 36.4 Å². The Labute approximate surface area is 158 Å². The van der Waals surface area contributed by atoms with Crippen LogP contribution in [0.1, 0.15) is 65.2 Å². The van der Waals surface area contributed by atoms with Gasteiger partial charge in [0.2, 0.25) is 0 Å². The Balaban J connectivity index is 1.41. The van der Waals surface area contributed by atoms with Gasteiger partial charge < -0.3 is 9.67 Å². The molecule has 138 valence electrons. The lowest BCUT2D eigenvalue weighted by atomic mass is 9.85. The number of aromatic nitrogens is 2. The summed E-state index contributed by atoms with van der Waals surface area (Å²) in [5, 5.41) is 10.8. The predicted molar refractivity (Wildman–Crippen MR) is 105 cm³/mol. The van der Waals surface area contributed by atoms with E-state index in [1.807, 2.05) is 12.3 Å². The lowest BCUT2D eigenvalue weighted by Crippen LogP contribution is -2.17. The third kappa shape index (κ3) is 3.25. The quantitative estimate of drug-likeness (QED) is 0.673. The highest BCUT2D eigenvalue weighted by Gasteiger charge is 2.26. The Morgan fingerprint density at radius 3 is 2.70 bits per heavy atom. The van der Waals surface area contributed by atoms with Gasteiger partial charge in [-0.3, -0.25) is 4.98 Å². The molecule has 0 amide bonds. The molecule has 0 bridgehead atoms. The van der Waals surface area contributed by atoms with Gasteiger partial charge in [0.1, 0.15) is 0 Å². The third-order valence-electron chi connectivity index (χ3n) is 6.16. The molecule has 0 radical (unpaired) electrons. The van der Waals surface area contributed by atoms with E-state index in [0.29, 0.717) is 23.6 Å². The lowest BCUT2D eigenvalue weighted by molar-refractivity contribution is 0.0695. The highest BCUT2D eigenvalue weighted by Crippen LogP contribution is 2.40. The second-order valence-corrected chi connectivity index (χ2v) is 8.18. The van der Waals surface area contributed by atoms with Crippen LogP contribution in [0.5, 0.6) is 0 Å². The molecule has 0 spiro atoms. The first kappa shape index (κ1) is 16.5. The Hall–Kier alpha value is -2.62. The number of hydrogen-bond acceptors (Lipinski definition) is 2. The summed E-state index contributed by atoms with van der Waals surface area (Å²) in [5.41, 5.74) is 4.45. The van der Waals surface area contributed by atoms with Crippen LogP contribution in [-0.2, 0) is 13.0 Å². The summed E-state index contributed by atoms with van der Waals surface area (Å²) in [6.07, 6.45) is 11.0. The largest absolute Gasteiger partial charge is 0.478 e. The molecule has 2 aromatic heterocycles. The van der Waals surface area contributed by atoms with Crippen molar-refractivity contribution in [1.29, 1.82) is 0 Å². The zero-order valence-corrected chi connectivity index (χ0v) is 15.4. The highest BCUT2D eigenvalue weighted by molar-refractivity contribution is 5.89. The fourth-order valence-corrected chi connectivity index (χ4v) is 4.14. The van der Waals surface area contributed by atoms with Gasteiger partial charge in [-0.1, -0.05) is 12.5 Å². The van der Waals surface area contributed by atoms with Crippen LogP contribution in [0.3, 0.4) is 0 Å². The van der Waals surface area contributed by atoms with Gasteiger partial charge in [0.15, 0.2) is 0 Å². The number of carboxylic acids is 1. The molecule has 27 heavy (non-hydrogen) atoms. The van der Waals surface area contributed by atoms with Crippen molar-refractivity contribution in [2.45, 2.75) is 51.0 Å². The van der Waals surface area contributed by atoms with E-state index in [-0.39, 0.29) is 0 Å². The molecule has 2 aliphatic carbocycles. The van der Waals surface area contributed by atoms with Crippen LogP contribution in [0.15, 0.2) is 42.7 Å². The van der Waals surface area contributed by atoms with E-state index in [1.165, 1.54) is 30.2 Å². The molecule has 0 saturated heterocycles. The van der Waals surface area contributed by atoms with Crippen LogP contribution in [0, 0.1) is 5.92 Å². The number of aromatic carboxylic acids is 1. The van der Waals surface area contributed by atoms with Crippen molar-refractivity contribution in [3.8, 4) is 0 Å². The first-order valence-corrected chi connectivity index (χ1v) is 9.97. The zero-order chi connectivity index (χ0) is 18.4. The Kier molecular flexibility index (Phi) is 4.00. The number of carboxylic acid groups (broad SMARTS) is 1. The van der Waals surface area contributed by atoms with Crippen molar-refractivity contribution in [3.05, 3.63) is 65.1 Å².